The first-order chi connectivity index (χ1) is 8.68. The molecule has 0 radical (unpaired) electrons. The minimum atomic E-state index is -0.0607. The number of carbonyl (C=O) groups is 1. The van der Waals surface area contributed by atoms with Crippen molar-refractivity contribution >= 4 is 29.9 Å². The highest BCUT2D eigenvalue weighted by Gasteiger charge is 2.11. The summed E-state index contributed by atoms with van der Waals surface area (Å²) in [4.78, 5) is 12.0. The Hall–Kier alpha value is -1.03. The molecule has 0 saturated carbocycles. The molecule has 1 aromatic rings. The van der Waals surface area contributed by atoms with E-state index in [1.54, 1.807) is 18.2 Å². The molecule has 104 valence electrons. The molecule has 1 amide bonds. The first-order valence-electron chi connectivity index (χ1n) is 6.10. The fourth-order valence-corrected chi connectivity index (χ4v) is 2.15. The lowest BCUT2D eigenvalue weighted by atomic mass is 10.1. The molecule has 5 heteroatoms. The minimum absolute atomic E-state index is 0. The molecule has 0 atom stereocenters. The third-order valence-corrected chi connectivity index (χ3v) is 3.56. The summed E-state index contributed by atoms with van der Waals surface area (Å²) in [5.41, 5.74) is 2.76. The van der Waals surface area contributed by atoms with Crippen LogP contribution in [0.2, 0.25) is 5.02 Å². The van der Waals surface area contributed by atoms with E-state index in [-0.39, 0.29) is 18.3 Å². The number of hydrogen-bond acceptors (Lipinski definition) is 2. The summed E-state index contributed by atoms with van der Waals surface area (Å²) >= 11 is 6.01. The van der Waals surface area contributed by atoms with Crippen molar-refractivity contribution in [3.63, 3.8) is 0 Å². The maximum Gasteiger partial charge on any atom is 0.251 e. The Balaban J connectivity index is 0.00000180. The van der Waals surface area contributed by atoms with Gasteiger partial charge < -0.3 is 10.6 Å². The molecule has 3 nitrogen and oxygen atoms in total. The molecular formula is C14H18Cl2N2O. The van der Waals surface area contributed by atoms with Crippen molar-refractivity contribution in [2.24, 2.45) is 0 Å². The van der Waals surface area contributed by atoms with Gasteiger partial charge in [-0.2, -0.15) is 0 Å². The average Bonchev–Trinajstić information content (AvgIpc) is 2.40. The predicted octanol–water partition coefficient (Wildman–Crippen LogP) is 2.72. The molecule has 1 aromatic carbocycles. The van der Waals surface area contributed by atoms with E-state index in [0.717, 1.165) is 25.1 Å². The van der Waals surface area contributed by atoms with Crippen LogP contribution in [0.5, 0.6) is 0 Å². The molecular weight excluding hydrogens is 283 g/mol. The summed E-state index contributed by atoms with van der Waals surface area (Å²) in [7, 11) is 0. The maximum absolute atomic E-state index is 12.0. The molecule has 2 N–H and O–H groups in total. The summed E-state index contributed by atoms with van der Waals surface area (Å²) in [6, 6.07) is 5.39. The fourth-order valence-electron chi connectivity index (χ4n) is 1.97. The van der Waals surface area contributed by atoms with Gasteiger partial charge >= 0.3 is 0 Å². The number of hydrogen-bond donors (Lipinski definition) is 2. The zero-order valence-electron chi connectivity index (χ0n) is 10.8. The molecule has 0 aliphatic carbocycles. The van der Waals surface area contributed by atoms with Crippen molar-refractivity contribution in [1.82, 2.24) is 10.6 Å². The van der Waals surface area contributed by atoms with E-state index < -0.39 is 0 Å². The summed E-state index contributed by atoms with van der Waals surface area (Å²) in [6.45, 7) is 4.35. The van der Waals surface area contributed by atoms with Gasteiger partial charge in [-0.05, 0) is 37.6 Å². The van der Waals surface area contributed by atoms with Crippen LogP contribution in [-0.4, -0.2) is 25.5 Å². The largest absolute Gasteiger partial charge is 0.348 e. The van der Waals surface area contributed by atoms with Crippen LogP contribution in [0, 0.1) is 6.92 Å². The van der Waals surface area contributed by atoms with E-state index in [1.807, 2.05) is 6.92 Å². The Bertz CT molecular complexity index is 486. The molecule has 0 fully saturated rings. The Morgan fingerprint density at radius 3 is 2.95 bits per heavy atom. The van der Waals surface area contributed by atoms with Gasteiger partial charge in [-0.1, -0.05) is 29.3 Å². The SMILES string of the molecule is Cc1c(Cl)cccc1C(=O)NCC1=CCNCC1.Cl. The Morgan fingerprint density at radius 2 is 2.26 bits per heavy atom. The topological polar surface area (TPSA) is 41.1 Å². The number of amides is 1. The minimum Gasteiger partial charge on any atom is -0.348 e. The molecule has 1 aliphatic rings. The van der Waals surface area contributed by atoms with E-state index in [2.05, 4.69) is 16.7 Å². The number of rotatable bonds is 3. The van der Waals surface area contributed by atoms with Crippen molar-refractivity contribution in [3.05, 3.63) is 46.0 Å². The van der Waals surface area contributed by atoms with Crippen molar-refractivity contribution in [2.45, 2.75) is 13.3 Å². The Morgan fingerprint density at radius 1 is 1.47 bits per heavy atom. The normalized spacial score (nSPS) is 14.3. The molecule has 0 unspecified atom stereocenters. The second kappa shape index (κ2) is 7.53. The van der Waals surface area contributed by atoms with Crippen LogP contribution < -0.4 is 10.6 Å². The van der Waals surface area contributed by atoms with Crippen molar-refractivity contribution < 1.29 is 4.79 Å². The predicted molar refractivity (Wildman–Crippen MR) is 81.3 cm³/mol. The van der Waals surface area contributed by atoms with E-state index in [4.69, 9.17) is 11.6 Å². The monoisotopic (exact) mass is 300 g/mol. The van der Waals surface area contributed by atoms with Crippen LogP contribution in [0.15, 0.2) is 29.8 Å². The van der Waals surface area contributed by atoms with Crippen molar-refractivity contribution in [3.8, 4) is 0 Å². The van der Waals surface area contributed by atoms with E-state index >= 15 is 0 Å². The lowest BCUT2D eigenvalue weighted by molar-refractivity contribution is 0.0956. The smallest absolute Gasteiger partial charge is 0.251 e. The highest BCUT2D eigenvalue weighted by molar-refractivity contribution is 6.31. The molecule has 0 aromatic heterocycles. The molecule has 2 rings (SSSR count). The number of carbonyl (C=O) groups excluding carboxylic acids is 1. The third kappa shape index (κ3) is 4.23. The van der Waals surface area contributed by atoms with Crippen LogP contribution in [0.1, 0.15) is 22.3 Å². The quantitative estimate of drug-likeness (QED) is 0.843. The highest BCUT2D eigenvalue weighted by Crippen LogP contribution is 2.18. The first kappa shape index (κ1) is 16.0. The standard InChI is InChI=1S/C14H17ClN2O.ClH/c1-10-12(3-2-4-13(10)15)14(18)17-9-11-5-7-16-8-6-11;/h2-5,16H,6-9H2,1H3,(H,17,18);1H. The average molecular weight is 301 g/mol. The summed E-state index contributed by atoms with van der Waals surface area (Å²) in [6.07, 6.45) is 3.13. The third-order valence-electron chi connectivity index (χ3n) is 3.15. The number of nitrogens with one attached hydrogen (secondary N) is 2. The summed E-state index contributed by atoms with van der Waals surface area (Å²) < 4.78 is 0. The van der Waals surface area contributed by atoms with Gasteiger partial charge in [-0.15, -0.1) is 12.4 Å². The second-order valence-corrected chi connectivity index (χ2v) is 4.82. The molecule has 1 heterocycles. The van der Waals surface area contributed by atoms with Crippen LogP contribution in [-0.2, 0) is 0 Å². The zero-order valence-corrected chi connectivity index (χ0v) is 12.4. The Labute approximate surface area is 124 Å². The Kier molecular flexibility index (Phi) is 6.35. The van der Waals surface area contributed by atoms with Gasteiger partial charge in [0.2, 0.25) is 0 Å². The van der Waals surface area contributed by atoms with E-state index in [1.165, 1.54) is 5.57 Å². The zero-order chi connectivity index (χ0) is 13.0. The van der Waals surface area contributed by atoms with E-state index in [0.29, 0.717) is 17.1 Å². The second-order valence-electron chi connectivity index (χ2n) is 4.41. The molecule has 1 aliphatic heterocycles. The van der Waals surface area contributed by atoms with Crippen LogP contribution in [0.3, 0.4) is 0 Å². The number of halogens is 2. The van der Waals surface area contributed by atoms with Gasteiger partial charge in [0.15, 0.2) is 0 Å². The fraction of sp³-hybridized carbons (Fsp3) is 0.357. The highest BCUT2D eigenvalue weighted by atomic mass is 35.5. The molecule has 0 bridgehead atoms. The maximum atomic E-state index is 12.0. The van der Waals surface area contributed by atoms with Gasteiger partial charge in [0.1, 0.15) is 0 Å². The lowest BCUT2D eigenvalue weighted by Crippen LogP contribution is -2.30. The number of benzene rings is 1. The van der Waals surface area contributed by atoms with Crippen molar-refractivity contribution in [1.29, 1.82) is 0 Å². The van der Waals surface area contributed by atoms with Gasteiger partial charge in [0.25, 0.3) is 5.91 Å². The van der Waals surface area contributed by atoms with E-state index in [9.17, 15) is 4.79 Å². The van der Waals surface area contributed by atoms with Gasteiger partial charge in [0, 0.05) is 23.7 Å². The van der Waals surface area contributed by atoms with Gasteiger partial charge in [0.05, 0.1) is 0 Å². The van der Waals surface area contributed by atoms with Crippen LogP contribution in [0.4, 0.5) is 0 Å². The van der Waals surface area contributed by atoms with Gasteiger partial charge in [-0.3, -0.25) is 4.79 Å². The van der Waals surface area contributed by atoms with Crippen LogP contribution >= 0.6 is 24.0 Å². The summed E-state index contributed by atoms with van der Waals surface area (Å²) in [5, 5.41) is 6.82. The molecule has 0 saturated heterocycles. The van der Waals surface area contributed by atoms with Crippen molar-refractivity contribution in [2.75, 3.05) is 19.6 Å². The lowest BCUT2D eigenvalue weighted by Gasteiger charge is -2.15. The molecule has 19 heavy (non-hydrogen) atoms. The summed E-state index contributed by atoms with van der Waals surface area (Å²) in [5.74, 6) is -0.0607. The van der Waals surface area contributed by atoms with Crippen LogP contribution in [0.25, 0.3) is 0 Å². The first-order valence-corrected chi connectivity index (χ1v) is 6.48. The van der Waals surface area contributed by atoms with Gasteiger partial charge in [-0.25, -0.2) is 0 Å². The molecule has 0 spiro atoms.